The predicted molar refractivity (Wildman–Crippen MR) is 129 cm³/mol. The molecule has 0 aliphatic rings. The van der Waals surface area contributed by atoms with Crippen molar-refractivity contribution in [2.45, 2.75) is 39.5 Å². The van der Waals surface area contributed by atoms with Gasteiger partial charge in [-0.05, 0) is 42.3 Å². The van der Waals surface area contributed by atoms with Crippen molar-refractivity contribution in [3.63, 3.8) is 0 Å². The minimum Gasteiger partial charge on any atom is -0.359 e. The summed E-state index contributed by atoms with van der Waals surface area (Å²) in [6.45, 7) is 6.57. The van der Waals surface area contributed by atoms with Crippen LogP contribution in [-0.4, -0.2) is 90.7 Å². The Bertz CT molecular complexity index is 1150. The summed E-state index contributed by atoms with van der Waals surface area (Å²) in [5.41, 5.74) is 3.10. The molecule has 0 unspecified atom stereocenters. The fraction of sp³-hybridized carbons (Fsp3) is 0.609. The molecule has 13 heteroatoms. The minimum absolute atomic E-state index is 0.0263. The number of ether oxygens (including phenoxy) is 6. The summed E-state index contributed by atoms with van der Waals surface area (Å²) in [7, 11) is 4.63. The number of fused-ring (bicyclic) bond motifs is 1. The van der Waals surface area contributed by atoms with Gasteiger partial charge in [-0.2, -0.15) is 5.21 Å². The summed E-state index contributed by atoms with van der Waals surface area (Å²) in [5, 5.41) is 13.9. The van der Waals surface area contributed by atoms with Crippen LogP contribution in [0.3, 0.4) is 0 Å². The summed E-state index contributed by atoms with van der Waals surface area (Å²) < 4.78 is 34.4. The maximum Gasteiger partial charge on any atom is 0.281 e. The zero-order chi connectivity index (χ0) is 26.1. The topological polar surface area (TPSA) is 145 Å². The van der Waals surface area contributed by atoms with Crippen molar-refractivity contribution in [1.29, 1.82) is 0 Å². The predicted octanol–water partition coefficient (Wildman–Crippen LogP) is 1.43. The molecule has 0 radical (unpaired) electrons. The molecule has 198 valence electrons. The number of aromatic nitrogens is 6. The van der Waals surface area contributed by atoms with E-state index in [4.69, 9.17) is 28.4 Å². The lowest BCUT2D eigenvalue weighted by molar-refractivity contribution is -0.166. The van der Waals surface area contributed by atoms with Gasteiger partial charge in [-0.15, -0.1) is 10.2 Å². The number of benzene rings is 1. The molecule has 1 aromatic carbocycles. The standard InChI is InChI=1S/C23H34N6O7/c1-14-7-17-18(8-15(14)2)29(23(30)21(24-17)22-25-27-28-26-22)9-19(35-12-32-5)16(3)20(36-13-33-6)10-34-11-31-4/h7-8,16,19-20H,9-13H2,1-6H3,(H,25,26,27,28)/t16-,19-,20+/m0/s1. The van der Waals surface area contributed by atoms with Gasteiger partial charge in [0.25, 0.3) is 5.56 Å². The van der Waals surface area contributed by atoms with Crippen LogP contribution in [0.15, 0.2) is 16.9 Å². The Labute approximate surface area is 209 Å². The van der Waals surface area contributed by atoms with Crippen molar-refractivity contribution in [2.24, 2.45) is 5.92 Å². The number of H-pyrrole nitrogens is 1. The molecule has 3 atom stereocenters. The third-order valence-corrected chi connectivity index (χ3v) is 5.94. The Hall–Kier alpha value is -2.81. The third kappa shape index (κ3) is 6.69. The Morgan fingerprint density at radius 3 is 2.28 bits per heavy atom. The highest BCUT2D eigenvalue weighted by Crippen LogP contribution is 2.23. The Balaban J connectivity index is 2.06. The Kier molecular flexibility index (Phi) is 10.4. The molecule has 0 bridgehead atoms. The van der Waals surface area contributed by atoms with Crippen LogP contribution in [-0.2, 0) is 35.0 Å². The van der Waals surface area contributed by atoms with Crippen LogP contribution < -0.4 is 5.56 Å². The van der Waals surface area contributed by atoms with Crippen LogP contribution in [0.25, 0.3) is 22.6 Å². The van der Waals surface area contributed by atoms with E-state index in [0.29, 0.717) is 11.0 Å². The lowest BCUT2D eigenvalue weighted by Gasteiger charge is -2.31. The average molecular weight is 507 g/mol. The monoisotopic (exact) mass is 506 g/mol. The summed E-state index contributed by atoms with van der Waals surface area (Å²) in [4.78, 5) is 18.2. The Morgan fingerprint density at radius 2 is 1.64 bits per heavy atom. The first-order valence-corrected chi connectivity index (χ1v) is 11.4. The molecule has 3 aromatic rings. The van der Waals surface area contributed by atoms with Crippen LogP contribution in [0.2, 0.25) is 0 Å². The molecule has 0 saturated carbocycles. The van der Waals surface area contributed by atoms with Crippen LogP contribution in [0.4, 0.5) is 0 Å². The number of rotatable bonds is 15. The van der Waals surface area contributed by atoms with Gasteiger partial charge in [-0.1, -0.05) is 6.92 Å². The Morgan fingerprint density at radius 1 is 0.972 bits per heavy atom. The maximum atomic E-state index is 13.7. The highest BCUT2D eigenvalue weighted by atomic mass is 16.7. The molecule has 3 rings (SSSR count). The van der Waals surface area contributed by atoms with Gasteiger partial charge in [0.1, 0.15) is 20.4 Å². The van der Waals surface area contributed by atoms with Crippen LogP contribution >= 0.6 is 0 Å². The molecule has 36 heavy (non-hydrogen) atoms. The van der Waals surface area contributed by atoms with E-state index in [-0.39, 0.29) is 56.5 Å². The van der Waals surface area contributed by atoms with Crippen molar-refractivity contribution in [3.8, 4) is 11.5 Å². The number of hydrogen-bond acceptors (Lipinski definition) is 11. The van der Waals surface area contributed by atoms with E-state index in [2.05, 4.69) is 25.6 Å². The second-order valence-electron chi connectivity index (χ2n) is 8.40. The number of aryl methyl sites for hydroxylation is 2. The molecule has 0 aliphatic heterocycles. The van der Waals surface area contributed by atoms with E-state index in [9.17, 15) is 4.79 Å². The molecule has 0 saturated heterocycles. The molecular formula is C23H34N6O7. The molecule has 0 fully saturated rings. The molecular weight excluding hydrogens is 472 g/mol. The van der Waals surface area contributed by atoms with Gasteiger partial charge in [0.15, 0.2) is 5.69 Å². The van der Waals surface area contributed by atoms with Crippen LogP contribution in [0, 0.1) is 19.8 Å². The fourth-order valence-corrected chi connectivity index (χ4v) is 3.79. The largest absolute Gasteiger partial charge is 0.359 e. The zero-order valence-electron chi connectivity index (χ0n) is 21.5. The summed E-state index contributed by atoms with van der Waals surface area (Å²) in [5.74, 6) is -0.118. The SMILES string of the molecule is COCOC[C@@H](OCOC)[C@@H](C)[C@H](Cn1c(=O)c(-c2nn[nH]n2)nc2cc(C)c(C)cc21)OCOC. The van der Waals surface area contributed by atoms with E-state index in [1.165, 1.54) is 7.11 Å². The first kappa shape index (κ1) is 27.8. The van der Waals surface area contributed by atoms with Gasteiger partial charge in [-0.3, -0.25) is 4.79 Å². The van der Waals surface area contributed by atoms with Gasteiger partial charge in [-0.25, -0.2) is 4.98 Å². The van der Waals surface area contributed by atoms with Gasteiger partial charge in [0.05, 0.1) is 36.4 Å². The van der Waals surface area contributed by atoms with E-state index in [0.717, 1.165) is 11.1 Å². The normalized spacial score (nSPS) is 14.3. The first-order valence-electron chi connectivity index (χ1n) is 11.4. The summed E-state index contributed by atoms with van der Waals surface area (Å²) in [6.07, 6.45) is -0.910. The number of aromatic amines is 1. The zero-order valence-corrected chi connectivity index (χ0v) is 21.5. The van der Waals surface area contributed by atoms with Gasteiger partial charge < -0.3 is 33.0 Å². The van der Waals surface area contributed by atoms with Gasteiger partial charge in [0, 0.05) is 27.2 Å². The molecule has 0 amide bonds. The van der Waals surface area contributed by atoms with E-state index < -0.39 is 12.2 Å². The van der Waals surface area contributed by atoms with Crippen LogP contribution in [0.5, 0.6) is 0 Å². The lowest BCUT2D eigenvalue weighted by atomic mass is 9.97. The molecule has 0 aliphatic carbocycles. The van der Waals surface area contributed by atoms with Gasteiger partial charge in [0.2, 0.25) is 5.82 Å². The summed E-state index contributed by atoms with van der Waals surface area (Å²) >= 11 is 0. The fourth-order valence-electron chi connectivity index (χ4n) is 3.79. The smallest absolute Gasteiger partial charge is 0.281 e. The second-order valence-corrected chi connectivity index (χ2v) is 8.40. The molecule has 2 aromatic heterocycles. The van der Waals surface area contributed by atoms with Crippen molar-refractivity contribution in [3.05, 3.63) is 33.6 Å². The molecule has 1 N–H and O–H groups in total. The number of nitrogens with one attached hydrogen (secondary N) is 1. The third-order valence-electron chi connectivity index (χ3n) is 5.94. The molecule has 0 spiro atoms. The first-order chi connectivity index (χ1) is 17.4. The quantitative estimate of drug-likeness (QED) is 0.236. The highest BCUT2D eigenvalue weighted by Gasteiger charge is 2.30. The number of hydrogen-bond donors (Lipinski definition) is 1. The van der Waals surface area contributed by atoms with E-state index in [1.807, 2.05) is 32.9 Å². The highest BCUT2D eigenvalue weighted by molar-refractivity contribution is 5.78. The van der Waals surface area contributed by atoms with Crippen molar-refractivity contribution in [2.75, 3.05) is 48.3 Å². The van der Waals surface area contributed by atoms with E-state index in [1.54, 1.807) is 18.8 Å². The van der Waals surface area contributed by atoms with Gasteiger partial charge >= 0.3 is 0 Å². The van der Waals surface area contributed by atoms with Crippen molar-refractivity contribution >= 4 is 11.0 Å². The second kappa shape index (κ2) is 13.5. The number of methoxy groups -OCH3 is 3. The number of nitrogens with zero attached hydrogens (tertiary/aromatic N) is 5. The number of tetrazole rings is 1. The van der Waals surface area contributed by atoms with Crippen molar-refractivity contribution in [1.82, 2.24) is 30.2 Å². The summed E-state index contributed by atoms with van der Waals surface area (Å²) in [6, 6.07) is 3.87. The van der Waals surface area contributed by atoms with E-state index >= 15 is 0 Å². The maximum absolute atomic E-state index is 13.7. The molecule has 13 nitrogen and oxygen atoms in total. The average Bonchev–Trinajstić information content (AvgIpc) is 3.40. The van der Waals surface area contributed by atoms with Crippen LogP contribution in [0.1, 0.15) is 18.1 Å². The lowest BCUT2D eigenvalue weighted by Crippen LogP contribution is -2.41. The van der Waals surface area contributed by atoms with Crippen molar-refractivity contribution < 1.29 is 28.4 Å². The molecule has 2 heterocycles. The minimum atomic E-state index is -0.499.